The Hall–Kier alpha value is -2.63. The van der Waals surface area contributed by atoms with E-state index in [1.54, 1.807) is 12.4 Å². The summed E-state index contributed by atoms with van der Waals surface area (Å²) in [7, 11) is 0. The lowest BCUT2D eigenvalue weighted by Gasteiger charge is -2.09. The van der Waals surface area contributed by atoms with Gasteiger partial charge in [-0.15, -0.1) is 5.10 Å². The van der Waals surface area contributed by atoms with Gasteiger partial charge in [-0.25, -0.2) is 4.98 Å². The summed E-state index contributed by atoms with van der Waals surface area (Å²) in [4.78, 5) is 7.18. The van der Waals surface area contributed by atoms with Gasteiger partial charge in [-0.3, -0.25) is 4.68 Å². The molecule has 3 aromatic rings. The molecule has 2 heterocycles. The number of hydrogen-bond acceptors (Lipinski definition) is 4. The van der Waals surface area contributed by atoms with Crippen LogP contribution in [0.5, 0.6) is 5.75 Å². The molecule has 21 heavy (non-hydrogen) atoms. The van der Waals surface area contributed by atoms with Crippen LogP contribution in [0, 0.1) is 0 Å². The summed E-state index contributed by atoms with van der Waals surface area (Å²) in [5.41, 5.74) is 1.92. The van der Waals surface area contributed by atoms with E-state index in [2.05, 4.69) is 26.3 Å². The number of hydrogen-bond donors (Lipinski definition) is 1. The van der Waals surface area contributed by atoms with Crippen molar-refractivity contribution in [3.8, 4) is 17.3 Å². The van der Waals surface area contributed by atoms with Gasteiger partial charge in [0.05, 0.1) is 12.8 Å². The fraction of sp³-hybridized carbons (Fsp3) is 0.267. The smallest absolute Gasteiger partial charge is 0.159 e. The van der Waals surface area contributed by atoms with Gasteiger partial charge in [0, 0.05) is 18.9 Å². The molecule has 0 saturated heterocycles. The normalized spacial score (nSPS) is 10.7. The molecule has 1 aromatic carbocycles. The molecule has 0 aliphatic rings. The van der Waals surface area contributed by atoms with Crippen molar-refractivity contribution in [2.75, 3.05) is 6.61 Å². The monoisotopic (exact) mass is 283 g/mol. The van der Waals surface area contributed by atoms with Crippen molar-refractivity contribution in [1.82, 2.24) is 25.0 Å². The highest BCUT2D eigenvalue weighted by Gasteiger charge is 2.07. The van der Waals surface area contributed by atoms with Crippen LogP contribution in [0.2, 0.25) is 0 Å². The number of aromatic nitrogens is 5. The van der Waals surface area contributed by atoms with Gasteiger partial charge < -0.3 is 9.72 Å². The van der Waals surface area contributed by atoms with Gasteiger partial charge in [0.2, 0.25) is 0 Å². The summed E-state index contributed by atoms with van der Waals surface area (Å²) < 4.78 is 7.45. The predicted octanol–water partition coefficient (Wildman–Crippen LogP) is 2.31. The molecule has 0 aliphatic heterocycles. The number of nitrogens with one attached hydrogen (secondary N) is 1. The molecule has 0 fully saturated rings. The first kappa shape index (κ1) is 13.4. The van der Waals surface area contributed by atoms with Crippen LogP contribution in [0.1, 0.15) is 12.5 Å². The van der Waals surface area contributed by atoms with Crippen molar-refractivity contribution in [3.63, 3.8) is 0 Å². The van der Waals surface area contributed by atoms with E-state index >= 15 is 0 Å². The fourth-order valence-electron chi connectivity index (χ4n) is 2.16. The number of H-pyrrole nitrogens is 1. The van der Waals surface area contributed by atoms with Crippen molar-refractivity contribution in [1.29, 1.82) is 0 Å². The summed E-state index contributed by atoms with van der Waals surface area (Å²) in [6.07, 6.45) is 6.21. The highest BCUT2D eigenvalue weighted by molar-refractivity contribution is 5.45. The fourth-order valence-corrected chi connectivity index (χ4v) is 2.16. The quantitative estimate of drug-likeness (QED) is 0.753. The Bertz CT molecular complexity index is 690. The second-order valence-corrected chi connectivity index (χ2v) is 4.60. The molecule has 0 amide bonds. The maximum Gasteiger partial charge on any atom is 0.159 e. The van der Waals surface area contributed by atoms with Crippen LogP contribution in [0.4, 0.5) is 0 Å². The third-order valence-corrected chi connectivity index (χ3v) is 3.16. The minimum absolute atomic E-state index is 0.670. The molecule has 2 aromatic heterocycles. The molecule has 0 radical (unpaired) electrons. The van der Waals surface area contributed by atoms with E-state index in [-0.39, 0.29) is 0 Å². The van der Waals surface area contributed by atoms with E-state index < -0.39 is 0 Å². The van der Waals surface area contributed by atoms with Gasteiger partial charge in [0.15, 0.2) is 5.82 Å². The summed E-state index contributed by atoms with van der Waals surface area (Å²) >= 11 is 0. The van der Waals surface area contributed by atoms with E-state index in [1.165, 1.54) is 5.56 Å². The van der Waals surface area contributed by atoms with Crippen LogP contribution in [-0.4, -0.2) is 31.6 Å². The van der Waals surface area contributed by atoms with E-state index in [1.807, 2.05) is 36.0 Å². The highest BCUT2D eigenvalue weighted by atomic mass is 16.5. The Morgan fingerprint density at radius 1 is 1.29 bits per heavy atom. The number of ether oxygens (including phenoxy) is 1. The molecule has 3 rings (SSSR count). The molecular formula is C15H17N5O. The first-order valence-electron chi connectivity index (χ1n) is 6.97. The van der Waals surface area contributed by atoms with Gasteiger partial charge in [0.25, 0.3) is 0 Å². The van der Waals surface area contributed by atoms with Crippen LogP contribution in [-0.2, 0) is 13.0 Å². The van der Waals surface area contributed by atoms with Crippen molar-refractivity contribution in [2.45, 2.75) is 19.9 Å². The second-order valence-electron chi connectivity index (χ2n) is 4.60. The van der Waals surface area contributed by atoms with Crippen LogP contribution in [0.25, 0.3) is 11.5 Å². The van der Waals surface area contributed by atoms with E-state index in [0.29, 0.717) is 6.61 Å². The number of aromatic amines is 1. The Morgan fingerprint density at radius 3 is 3.00 bits per heavy atom. The SMILES string of the molecule is CCOc1ccccc1CCn1cc(-c2ncc[nH]2)nn1. The summed E-state index contributed by atoms with van der Waals surface area (Å²) in [5, 5.41) is 8.25. The lowest BCUT2D eigenvalue weighted by molar-refractivity contribution is 0.335. The Morgan fingerprint density at radius 2 is 2.19 bits per heavy atom. The summed E-state index contributed by atoms with van der Waals surface area (Å²) in [6, 6.07) is 8.08. The molecule has 0 bridgehead atoms. The topological polar surface area (TPSA) is 68.6 Å². The first-order chi connectivity index (χ1) is 10.4. The molecule has 6 nitrogen and oxygen atoms in total. The van der Waals surface area contributed by atoms with Gasteiger partial charge in [0.1, 0.15) is 11.4 Å². The van der Waals surface area contributed by atoms with Crippen LogP contribution < -0.4 is 4.74 Å². The molecule has 6 heteroatoms. The van der Waals surface area contributed by atoms with Gasteiger partial charge in [-0.2, -0.15) is 0 Å². The number of aryl methyl sites for hydroxylation is 2. The molecular weight excluding hydrogens is 266 g/mol. The standard InChI is InChI=1S/C15H17N5O/c1-2-21-14-6-4-3-5-12(14)7-10-20-11-13(18-19-20)15-16-8-9-17-15/h3-6,8-9,11H,2,7,10H2,1H3,(H,16,17). The number of imidazole rings is 1. The number of para-hydroxylation sites is 1. The van der Waals surface area contributed by atoms with E-state index in [4.69, 9.17) is 4.74 Å². The maximum absolute atomic E-state index is 5.63. The molecule has 0 unspecified atom stereocenters. The minimum atomic E-state index is 0.670. The second kappa shape index (κ2) is 6.21. The Kier molecular flexibility index (Phi) is 3.95. The average molecular weight is 283 g/mol. The molecule has 0 spiro atoms. The lowest BCUT2D eigenvalue weighted by Crippen LogP contribution is -2.04. The molecule has 0 saturated carbocycles. The van der Waals surface area contributed by atoms with Crippen molar-refractivity contribution in [2.24, 2.45) is 0 Å². The zero-order chi connectivity index (χ0) is 14.5. The Balaban J connectivity index is 1.68. The van der Waals surface area contributed by atoms with E-state index in [9.17, 15) is 0 Å². The first-order valence-corrected chi connectivity index (χ1v) is 6.97. The van der Waals surface area contributed by atoms with Crippen LogP contribution in [0.15, 0.2) is 42.9 Å². The van der Waals surface area contributed by atoms with E-state index in [0.717, 1.165) is 30.2 Å². The van der Waals surface area contributed by atoms with Crippen LogP contribution >= 0.6 is 0 Å². The largest absolute Gasteiger partial charge is 0.494 e. The molecule has 0 aliphatic carbocycles. The number of rotatable bonds is 6. The minimum Gasteiger partial charge on any atom is -0.494 e. The van der Waals surface area contributed by atoms with Crippen LogP contribution in [0.3, 0.4) is 0 Å². The number of nitrogens with zero attached hydrogens (tertiary/aromatic N) is 4. The predicted molar refractivity (Wildman–Crippen MR) is 78.9 cm³/mol. The zero-order valence-electron chi connectivity index (χ0n) is 11.9. The summed E-state index contributed by atoms with van der Waals surface area (Å²) in [5.74, 6) is 1.67. The lowest BCUT2D eigenvalue weighted by atomic mass is 10.1. The summed E-state index contributed by atoms with van der Waals surface area (Å²) in [6.45, 7) is 3.41. The molecule has 108 valence electrons. The number of benzene rings is 1. The van der Waals surface area contributed by atoms with Crippen molar-refractivity contribution in [3.05, 3.63) is 48.4 Å². The zero-order valence-corrected chi connectivity index (χ0v) is 11.9. The maximum atomic E-state index is 5.63. The molecule has 1 N–H and O–H groups in total. The Labute approximate surface area is 122 Å². The van der Waals surface area contributed by atoms with Gasteiger partial charge >= 0.3 is 0 Å². The third-order valence-electron chi connectivity index (χ3n) is 3.16. The third kappa shape index (κ3) is 3.10. The van der Waals surface area contributed by atoms with Crippen molar-refractivity contribution >= 4 is 0 Å². The molecule has 0 atom stereocenters. The van der Waals surface area contributed by atoms with Gasteiger partial charge in [-0.1, -0.05) is 23.4 Å². The van der Waals surface area contributed by atoms with Gasteiger partial charge in [-0.05, 0) is 25.0 Å². The highest BCUT2D eigenvalue weighted by Crippen LogP contribution is 2.19. The van der Waals surface area contributed by atoms with Crippen molar-refractivity contribution < 1.29 is 4.74 Å². The average Bonchev–Trinajstić information content (AvgIpc) is 3.18.